The lowest BCUT2D eigenvalue weighted by Crippen LogP contribution is -2.40. The van der Waals surface area contributed by atoms with Crippen LogP contribution in [0, 0.1) is 5.92 Å². The number of benzene rings is 1. The van der Waals surface area contributed by atoms with Crippen molar-refractivity contribution in [3.63, 3.8) is 0 Å². The standard InChI is InChI=1S/C20H22ClNO3S/c1-13(14-3-4-14)22(15-5-7-16(25-2)8-6-15)20(24)12-9-17(23)18-10-11-19(21)26-18/h5-8,10-11,13-14H,3-4,9,12H2,1-2H3. The molecule has 0 bridgehead atoms. The van der Waals surface area contributed by atoms with E-state index in [1.54, 1.807) is 19.2 Å². The molecule has 1 unspecified atom stereocenters. The summed E-state index contributed by atoms with van der Waals surface area (Å²) in [6.45, 7) is 2.08. The van der Waals surface area contributed by atoms with Crippen LogP contribution in [0.4, 0.5) is 5.69 Å². The van der Waals surface area contributed by atoms with Crippen molar-refractivity contribution in [3.8, 4) is 5.75 Å². The summed E-state index contributed by atoms with van der Waals surface area (Å²) in [5.41, 5.74) is 0.849. The zero-order valence-electron chi connectivity index (χ0n) is 14.9. The molecular formula is C20H22ClNO3S. The second-order valence-corrected chi connectivity index (χ2v) is 8.28. The molecule has 1 aromatic heterocycles. The highest BCUT2D eigenvalue weighted by Gasteiger charge is 2.35. The third kappa shape index (κ3) is 4.46. The number of ether oxygens (including phenoxy) is 1. The molecule has 6 heteroatoms. The fraction of sp³-hybridized carbons (Fsp3) is 0.400. The van der Waals surface area contributed by atoms with E-state index in [1.165, 1.54) is 11.3 Å². The van der Waals surface area contributed by atoms with Gasteiger partial charge in [0.15, 0.2) is 5.78 Å². The Labute approximate surface area is 162 Å². The van der Waals surface area contributed by atoms with Crippen molar-refractivity contribution >= 4 is 40.3 Å². The van der Waals surface area contributed by atoms with Crippen LogP contribution in [-0.2, 0) is 4.79 Å². The molecule has 1 aliphatic carbocycles. The summed E-state index contributed by atoms with van der Waals surface area (Å²) in [5, 5.41) is 0. The van der Waals surface area contributed by atoms with Crippen molar-refractivity contribution < 1.29 is 14.3 Å². The fourth-order valence-electron chi connectivity index (χ4n) is 3.07. The van der Waals surface area contributed by atoms with E-state index in [4.69, 9.17) is 16.3 Å². The minimum Gasteiger partial charge on any atom is -0.497 e. The number of methoxy groups -OCH3 is 1. The summed E-state index contributed by atoms with van der Waals surface area (Å²) in [6.07, 6.45) is 2.68. The van der Waals surface area contributed by atoms with E-state index in [2.05, 4.69) is 6.92 Å². The Morgan fingerprint density at radius 1 is 1.19 bits per heavy atom. The highest BCUT2D eigenvalue weighted by Crippen LogP contribution is 2.37. The number of hydrogen-bond donors (Lipinski definition) is 0. The summed E-state index contributed by atoms with van der Waals surface area (Å²) in [4.78, 5) is 27.7. The first-order valence-electron chi connectivity index (χ1n) is 8.74. The van der Waals surface area contributed by atoms with E-state index >= 15 is 0 Å². The van der Waals surface area contributed by atoms with E-state index in [1.807, 2.05) is 29.2 Å². The molecule has 1 saturated carbocycles. The molecule has 4 nitrogen and oxygen atoms in total. The fourth-order valence-corrected chi connectivity index (χ4v) is 4.08. The van der Waals surface area contributed by atoms with E-state index in [-0.39, 0.29) is 30.6 Å². The van der Waals surface area contributed by atoms with Gasteiger partial charge in [0.05, 0.1) is 16.3 Å². The number of nitrogens with zero attached hydrogens (tertiary/aromatic N) is 1. The van der Waals surface area contributed by atoms with Gasteiger partial charge in [0, 0.05) is 24.6 Å². The number of Topliss-reactive ketones (excluding diaryl/α,β-unsaturated/α-hetero) is 1. The van der Waals surface area contributed by atoms with Crippen LogP contribution in [0.15, 0.2) is 36.4 Å². The third-order valence-electron chi connectivity index (χ3n) is 4.74. The summed E-state index contributed by atoms with van der Waals surface area (Å²) in [5.74, 6) is 1.23. The molecule has 0 N–H and O–H groups in total. The molecule has 1 aromatic carbocycles. The van der Waals surface area contributed by atoms with Gasteiger partial charge in [-0.15, -0.1) is 11.3 Å². The van der Waals surface area contributed by atoms with E-state index in [9.17, 15) is 9.59 Å². The van der Waals surface area contributed by atoms with Crippen LogP contribution in [0.3, 0.4) is 0 Å². The van der Waals surface area contributed by atoms with Crippen molar-refractivity contribution in [1.29, 1.82) is 0 Å². The highest BCUT2D eigenvalue weighted by molar-refractivity contribution is 7.18. The molecule has 1 heterocycles. The second-order valence-electron chi connectivity index (χ2n) is 6.57. The van der Waals surface area contributed by atoms with Crippen LogP contribution in [0.1, 0.15) is 42.3 Å². The maximum absolute atomic E-state index is 12.9. The van der Waals surface area contributed by atoms with Gasteiger partial charge >= 0.3 is 0 Å². The second kappa shape index (κ2) is 8.23. The average molecular weight is 392 g/mol. The van der Waals surface area contributed by atoms with Crippen LogP contribution in [0.25, 0.3) is 0 Å². The van der Waals surface area contributed by atoms with Gasteiger partial charge in [0.2, 0.25) is 5.91 Å². The minimum atomic E-state index is -0.0380. The van der Waals surface area contributed by atoms with Crippen LogP contribution >= 0.6 is 22.9 Å². The molecular weight excluding hydrogens is 370 g/mol. The van der Waals surface area contributed by atoms with Crippen molar-refractivity contribution in [1.82, 2.24) is 0 Å². The van der Waals surface area contributed by atoms with E-state index < -0.39 is 0 Å². The Bertz CT molecular complexity index is 783. The lowest BCUT2D eigenvalue weighted by atomic mass is 10.1. The molecule has 26 heavy (non-hydrogen) atoms. The molecule has 1 atom stereocenters. The molecule has 138 valence electrons. The van der Waals surface area contributed by atoms with Gasteiger partial charge in [-0.2, -0.15) is 0 Å². The van der Waals surface area contributed by atoms with Gasteiger partial charge < -0.3 is 9.64 Å². The summed E-state index contributed by atoms with van der Waals surface area (Å²) >= 11 is 7.14. The topological polar surface area (TPSA) is 46.6 Å². The molecule has 0 radical (unpaired) electrons. The minimum absolute atomic E-state index is 0.0226. The first-order valence-corrected chi connectivity index (χ1v) is 9.93. The number of hydrogen-bond acceptors (Lipinski definition) is 4. The number of carbonyl (C=O) groups excluding carboxylic acids is 2. The number of amides is 1. The monoisotopic (exact) mass is 391 g/mol. The molecule has 2 aromatic rings. The zero-order chi connectivity index (χ0) is 18.7. The lowest BCUT2D eigenvalue weighted by molar-refractivity contribution is -0.119. The average Bonchev–Trinajstić information content (AvgIpc) is 3.41. The number of rotatable bonds is 8. The SMILES string of the molecule is COc1ccc(N(C(=O)CCC(=O)c2ccc(Cl)s2)C(C)C2CC2)cc1. The van der Waals surface area contributed by atoms with E-state index in [0.717, 1.165) is 24.3 Å². The Kier molecular flexibility index (Phi) is 5.99. The number of halogens is 1. The molecule has 0 aliphatic heterocycles. The summed E-state index contributed by atoms with van der Waals surface area (Å²) < 4.78 is 5.79. The number of anilines is 1. The molecule has 1 aliphatic rings. The van der Waals surface area contributed by atoms with Crippen molar-refractivity contribution in [2.75, 3.05) is 12.0 Å². The largest absolute Gasteiger partial charge is 0.497 e. The summed E-state index contributed by atoms with van der Waals surface area (Å²) in [6, 6.07) is 11.1. The van der Waals surface area contributed by atoms with E-state index in [0.29, 0.717) is 15.1 Å². The molecule has 0 spiro atoms. The molecule has 1 fully saturated rings. The maximum Gasteiger partial charge on any atom is 0.227 e. The Morgan fingerprint density at radius 3 is 2.42 bits per heavy atom. The van der Waals surface area contributed by atoms with Gasteiger partial charge in [0.1, 0.15) is 5.75 Å². The predicted octanol–water partition coefficient (Wildman–Crippen LogP) is 5.20. The predicted molar refractivity (Wildman–Crippen MR) is 106 cm³/mol. The Balaban J connectivity index is 1.71. The third-order valence-corrected chi connectivity index (χ3v) is 6.02. The smallest absolute Gasteiger partial charge is 0.227 e. The number of thiophene rings is 1. The summed E-state index contributed by atoms with van der Waals surface area (Å²) in [7, 11) is 1.62. The molecule has 0 saturated heterocycles. The quantitative estimate of drug-likeness (QED) is 0.580. The van der Waals surface area contributed by atoms with Gasteiger partial charge in [0.25, 0.3) is 0 Å². The maximum atomic E-state index is 12.9. The zero-order valence-corrected chi connectivity index (χ0v) is 16.5. The molecule has 3 rings (SSSR count). The van der Waals surface area contributed by atoms with Crippen LogP contribution in [0.5, 0.6) is 5.75 Å². The van der Waals surface area contributed by atoms with Crippen LogP contribution in [0.2, 0.25) is 4.34 Å². The first-order chi connectivity index (χ1) is 12.5. The van der Waals surface area contributed by atoms with Crippen molar-refractivity contribution in [3.05, 3.63) is 45.6 Å². The highest BCUT2D eigenvalue weighted by atomic mass is 35.5. The first kappa shape index (κ1) is 18.9. The molecule has 1 amide bonds. The number of carbonyl (C=O) groups is 2. The van der Waals surface area contributed by atoms with Gasteiger partial charge in [-0.05, 0) is 62.1 Å². The van der Waals surface area contributed by atoms with Crippen LogP contribution in [-0.4, -0.2) is 24.8 Å². The van der Waals surface area contributed by atoms with Gasteiger partial charge in [-0.3, -0.25) is 9.59 Å². The van der Waals surface area contributed by atoms with Crippen LogP contribution < -0.4 is 9.64 Å². The van der Waals surface area contributed by atoms with Gasteiger partial charge in [-0.1, -0.05) is 11.6 Å². The number of ketones is 1. The Morgan fingerprint density at radius 2 is 1.88 bits per heavy atom. The van der Waals surface area contributed by atoms with Gasteiger partial charge in [-0.25, -0.2) is 0 Å². The van der Waals surface area contributed by atoms with Crippen molar-refractivity contribution in [2.24, 2.45) is 5.92 Å². The normalized spacial score (nSPS) is 14.7. The van der Waals surface area contributed by atoms with Crippen molar-refractivity contribution in [2.45, 2.75) is 38.6 Å². The Hall–Kier alpha value is -1.85. The lowest BCUT2D eigenvalue weighted by Gasteiger charge is -2.30.